The van der Waals surface area contributed by atoms with Crippen LogP contribution in [0.3, 0.4) is 0 Å². The van der Waals surface area contributed by atoms with Crippen LogP contribution in [0.2, 0.25) is 0 Å². The molecule has 0 fully saturated rings. The van der Waals surface area contributed by atoms with E-state index in [0.717, 1.165) is 18.4 Å². The summed E-state index contributed by atoms with van der Waals surface area (Å²) in [6.07, 6.45) is 1.93. The number of imide groups is 1. The molecule has 20 heavy (non-hydrogen) atoms. The van der Waals surface area contributed by atoms with E-state index in [0.29, 0.717) is 6.54 Å². The Hall–Kier alpha value is -1.88. The fraction of sp³-hybridized carbons (Fsp3) is 0.467. The molecule has 1 atom stereocenters. The number of unbranched alkanes of at least 4 members (excludes halogenated alkanes) is 1. The fourth-order valence-electron chi connectivity index (χ4n) is 1.78. The molecule has 5 nitrogen and oxygen atoms in total. The average molecular weight is 278 g/mol. The Balaban J connectivity index is 2.24. The lowest BCUT2D eigenvalue weighted by Gasteiger charge is -2.11. The summed E-state index contributed by atoms with van der Waals surface area (Å²) in [5.74, 6) is -0.276. The van der Waals surface area contributed by atoms with Crippen molar-refractivity contribution in [2.45, 2.75) is 32.7 Å². The van der Waals surface area contributed by atoms with Crippen LogP contribution in [-0.4, -0.2) is 25.0 Å². The third-order valence-corrected chi connectivity index (χ3v) is 3.05. The molecular weight excluding hydrogens is 254 g/mol. The molecule has 1 aromatic rings. The lowest BCUT2D eigenvalue weighted by atomic mass is 10.1. The van der Waals surface area contributed by atoms with Crippen LogP contribution in [0.25, 0.3) is 0 Å². The van der Waals surface area contributed by atoms with Gasteiger partial charge in [-0.1, -0.05) is 43.7 Å². The summed E-state index contributed by atoms with van der Waals surface area (Å²) in [7, 11) is 0. The SMILES string of the molecule is CCCCNC(=O)NC(=O)C[NH2+][C@@H](C)c1ccccc1. The monoisotopic (exact) mass is 278 g/mol. The minimum absolute atomic E-state index is 0.185. The zero-order valence-electron chi connectivity index (χ0n) is 12.2. The number of quaternary nitrogens is 1. The van der Waals surface area contributed by atoms with Gasteiger partial charge in [0, 0.05) is 12.1 Å². The van der Waals surface area contributed by atoms with E-state index in [1.165, 1.54) is 0 Å². The molecule has 5 heteroatoms. The topological polar surface area (TPSA) is 74.8 Å². The van der Waals surface area contributed by atoms with Crippen LogP contribution in [0, 0.1) is 0 Å². The molecule has 0 aromatic heterocycles. The molecular formula is C15H24N3O2+. The van der Waals surface area contributed by atoms with Crippen molar-refractivity contribution < 1.29 is 14.9 Å². The van der Waals surface area contributed by atoms with Gasteiger partial charge in [0.05, 0.1) is 0 Å². The van der Waals surface area contributed by atoms with Crippen LogP contribution in [-0.2, 0) is 4.79 Å². The summed E-state index contributed by atoms with van der Waals surface area (Å²) in [6, 6.07) is 9.73. The number of urea groups is 1. The van der Waals surface area contributed by atoms with E-state index >= 15 is 0 Å². The van der Waals surface area contributed by atoms with Gasteiger partial charge in [-0.2, -0.15) is 0 Å². The summed E-state index contributed by atoms with van der Waals surface area (Å²) in [6.45, 7) is 4.91. The van der Waals surface area contributed by atoms with Crippen molar-refractivity contribution in [2.75, 3.05) is 13.1 Å². The molecule has 1 aromatic carbocycles. The normalized spacial score (nSPS) is 11.7. The predicted molar refractivity (Wildman–Crippen MR) is 78.1 cm³/mol. The highest BCUT2D eigenvalue weighted by molar-refractivity contribution is 5.94. The van der Waals surface area contributed by atoms with Gasteiger partial charge in [-0.25, -0.2) is 4.79 Å². The Kier molecular flexibility index (Phi) is 7.35. The van der Waals surface area contributed by atoms with Crippen molar-refractivity contribution in [2.24, 2.45) is 0 Å². The van der Waals surface area contributed by atoms with Crippen LogP contribution < -0.4 is 16.0 Å². The van der Waals surface area contributed by atoms with Gasteiger partial charge in [0.15, 0.2) is 6.54 Å². The Morgan fingerprint density at radius 1 is 1.25 bits per heavy atom. The van der Waals surface area contributed by atoms with Gasteiger partial charge >= 0.3 is 6.03 Å². The van der Waals surface area contributed by atoms with Gasteiger partial charge < -0.3 is 10.6 Å². The maximum Gasteiger partial charge on any atom is 0.321 e. The predicted octanol–water partition coefficient (Wildman–Crippen LogP) is 0.937. The number of hydrogen-bond donors (Lipinski definition) is 3. The van der Waals surface area contributed by atoms with Gasteiger partial charge in [0.1, 0.15) is 6.04 Å². The molecule has 0 bridgehead atoms. The standard InChI is InChI=1S/C15H23N3O2/c1-3-4-10-16-15(20)18-14(19)11-17-12(2)13-8-6-5-7-9-13/h5-9,12,17H,3-4,10-11H2,1-2H3,(H2,16,18,19,20)/p+1/t12-/m0/s1. The minimum Gasteiger partial charge on any atom is -0.338 e. The number of nitrogens with two attached hydrogens (primary N) is 1. The lowest BCUT2D eigenvalue weighted by Crippen LogP contribution is -2.87. The number of hydrogen-bond acceptors (Lipinski definition) is 2. The first kappa shape index (κ1) is 16.2. The van der Waals surface area contributed by atoms with Crippen molar-refractivity contribution in [1.29, 1.82) is 0 Å². The zero-order chi connectivity index (χ0) is 14.8. The summed E-state index contributed by atoms with van der Waals surface area (Å²) in [5, 5.41) is 6.88. The average Bonchev–Trinajstić information content (AvgIpc) is 2.46. The third-order valence-electron chi connectivity index (χ3n) is 3.05. The Labute approximate surface area is 120 Å². The van der Waals surface area contributed by atoms with Gasteiger partial charge in [-0.05, 0) is 13.3 Å². The van der Waals surface area contributed by atoms with E-state index in [4.69, 9.17) is 0 Å². The van der Waals surface area contributed by atoms with Crippen LogP contribution in [0.4, 0.5) is 4.79 Å². The largest absolute Gasteiger partial charge is 0.338 e. The number of carbonyl (C=O) groups is 2. The highest BCUT2D eigenvalue weighted by Crippen LogP contribution is 2.05. The maximum absolute atomic E-state index is 11.6. The first-order valence-corrected chi connectivity index (χ1v) is 7.09. The van der Waals surface area contributed by atoms with Crippen molar-refractivity contribution in [3.05, 3.63) is 35.9 Å². The van der Waals surface area contributed by atoms with E-state index in [2.05, 4.69) is 10.6 Å². The van der Waals surface area contributed by atoms with Gasteiger partial charge in [0.25, 0.3) is 5.91 Å². The van der Waals surface area contributed by atoms with Crippen LogP contribution in [0.15, 0.2) is 30.3 Å². The van der Waals surface area contributed by atoms with Crippen LogP contribution in [0.1, 0.15) is 38.3 Å². The molecule has 0 heterocycles. The van der Waals surface area contributed by atoms with Crippen LogP contribution in [0.5, 0.6) is 0 Å². The molecule has 0 radical (unpaired) electrons. The summed E-state index contributed by atoms with van der Waals surface area (Å²) in [5.41, 5.74) is 1.16. The van der Waals surface area contributed by atoms with E-state index in [9.17, 15) is 9.59 Å². The Bertz CT molecular complexity index is 420. The van der Waals surface area contributed by atoms with Crippen LogP contribution >= 0.6 is 0 Å². The van der Waals surface area contributed by atoms with Crippen molar-refractivity contribution >= 4 is 11.9 Å². The molecule has 0 aliphatic rings. The minimum atomic E-state index is -0.413. The first-order valence-electron chi connectivity index (χ1n) is 7.09. The highest BCUT2D eigenvalue weighted by Gasteiger charge is 2.12. The van der Waals surface area contributed by atoms with E-state index in [1.54, 1.807) is 0 Å². The number of rotatable bonds is 7. The molecule has 0 spiro atoms. The van der Waals surface area contributed by atoms with Gasteiger partial charge in [-0.15, -0.1) is 0 Å². The molecule has 3 amide bonds. The van der Waals surface area contributed by atoms with Crippen molar-refractivity contribution in [3.8, 4) is 0 Å². The fourth-order valence-corrected chi connectivity index (χ4v) is 1.78. The number of amides is 3. The highest BCUT2D eigenvalue weighted by atomic mass is 16.2. The second-order valence-corrected chi connectivity index (χ2v) is 4.80. The smallest absolute Gasteiger partial charge is 0.321 e. The molecule has 1 rings (SSSR count). The maximum atomic E-state index is 11.6. The molecule has 0 saturated heterocycles. The Morgan fingerprint density at radius 2 is 1.95 bits per heavy atom. The molecule has 0 aliphatic carbocycles. The Morgan fingerprint density at radius 3 is 2.60 bits per heavy atom. The number of benzene rings is 1. The van der Waals surface area contributed by atoms with Gasteiger partial charge in [-0.3, -0.25) is 10.1 Å². The zero-order valence-corrected chi connectivity index (χ0v) is 12.2. The lowest BCUT2D eigenvalue weighted by molar-refractivity contribution is -0.682. The summed E-state index contributed by atoms with van der Waals surface area (Å²) in [4.78, 5) is 23.0. The first-order chi connectivity index (χ1) is 9.63. The summed E-state index contributed by atoms with van der Waals surface area (Å²) >= 11 is 0. The molecule has 4 N–H and O–H groups in total. The molecule has 0 unspecified atom stereocenters. The van der Waals surface area contributed by atoms with E-state index in [-0.39, 0.29) is 18.5 Å². The van der Waals surface area contributed by atoms with E-state index in [1.807, 2.05) is 49.5 Å². The number of nitrogens with one attached hydrogen (secondary N) is 2. The van der Waals surface area contributed by atoms with E-state index < -0.39 is 6.03 Å². The third kappa shape index (κ3) is 6.33. The second-order valence-electron chi connectivity index (χ2n) is 4.80. The number of carbonyl (C=O) groups excluding carboxylic acids is 2. The molecule has 110 valence electrons. The summed E-state index contributed by atoms with van der Waals surface area (Å²) < 4.78 is 0. The van der Waals surface area contributed by atoms with Crippen molar-refractivity contribution in [3.63, 3.8) is 0 Å². The second kappa shape index (κ2) is 9.09. The quantitative estimate of drug-likeness (QED) is 0.649. The van der Waals surface area contributed by atoms with Crippen molar-refractivity contribution in [1.82, 2.24) is 10.6 Å². The van der Waals surface area contributed by atoms with Gasteiger partial charge in [0.2, 0.25) is 0 Å². The molecule has 0 aliphatic heterocycles. The molecule has 0 saturated carbocycles.